The summed E-state index contributed by atoms with van der Waals surface area (Å²) in [6.07, 6.45) is 2.15. The highest BCUT2D eigenvalue weighted by Crippen LogP contribution is 2.42. The van der Waals surface area contributed by atoms with Crippen molar-refractivity contribution in [2.45, 2.75) is 31.0 Å². The Hall–Kier alpha value is -1.30. The van der Waals surface area contributed by atoms with Crippen LogP contribution in [0.15, 0.2) is 18.2 Å². The van der Waals surface area contributed by atoms with Crippen LogP contribution in [-0.2, 0) is 9.47 Å². The van der Waals surface area contributed by atoms with Crippen LogP contribution in [0.2, 0.25) is 0 Å². The van der Waals surface area contributed by atoms with Crippen molar-refractivity contribution >= 4 is 0 Å². The largest absolute Gasteiger partial charge is 0.454 e. The normalized spacial score (nSPS) is 32.5. The van der Waals surface area contributed by atoms with E-state index in [-0.39, 0.29) is 18.3 Å². The number of ether oxygens (including phenoxy) is 4. The Kier molecular flexibility index (Phi) is 3.28. The average molecular weight is 292 g/mol. The molecule has 1 N–H and O–H groups in total. The summed E-state index contributed by atoms with van der Waals surface area (Å²) in [7, 11) is 0. The lowest BCUT2D eigenvalue weighted by Crippen LogP contribution is -2.41. The van der Waals surface area contributed by atoms with E-state index >= 15 is 0 Å². The second kappa shape index (κ2) is 5.16. The summed E-state index contributed by atoms with van der Waals surface area (Å²) < 4.78 is 22.1. The second-order valence-electron chi connectivity index (χ2n) is 6.14. The van der Waals surface area contributed by atoms with Gasteiger partial charge in [-0.2, -0.15) is 0 Å². The van der Waals surface area contributed by atoms with Crippen molar-refractivity contribution in [1.29, 1.82) is 0 Å². The van der Waals surface area contributed by atoms with E-state index in [2.05, 4.69) is 0 Å². The Balaban J connectivity index is 1.52. The molecule has 0 radical (unpaired) electrons. The molecule has 2 fully saturated rings. The molecule has 3 atom stereocenters. The molecule has 4 rings (SSSR count). The zero-order valence-corrected chi connectivity index (χ0v) is 11.9. The maximum absolute atomic E-state index is 10.7. The van der Waals surface area contributed by atoms with Gasteiger partial charge in [0.2, 0.25) is 6.79 Å². The molecule has 3 aliphatic rings. The van der Waals surface area contributed by atoms with E-state index < -0.39 is 6.10 Å². The molecule has 1 spiro atoms. The first-order valence-electron chi connectivity index (χ1n) is 7.55. The van der Waals surface area contributed by atoms with Gasteiger partial charge in [0.25, 0.3) is 0 Å². The lowest BCUT2D eigenvalue weighted by atomic mass is 9.80. The lowest BCUT2D eigenvalue weighted by Gasteiger charge is -2.39. The fourth-order valence-electron chi connectivity index (χ4n) is 3.57. The highest BCUT2D eigenvalue weighted by Gasteiger charge is 2.43. The van der Waals surface area contributed by atoms with Crippen molar-refractivity contribution in [3.05, 3.63) is 23.8 Å². The van der Waals surface area contributed by atoms with E-state index in [0.717, 1.165) is 42.9 Å². The van der Waals surface area contributed by atoms with E-state index in [4.69, 9.17) is 18.9 Å². The minimum absolute atomic E-state index is 0.180. The fraction of sp³-hybridized carbons (Fsp3) is 0.625. The molecular formula is C16H20O5. The van der Waals surface area contributed by atoms with Crippen molar-refractivity contribution in [3.8, 4) is 11.5 Å². The molecule has 0 aromatic heterocycles. The number of benzene rings is 1. The van der Waals surface area contributed by atoms with E-state index in [1.807, 2.05) is 18.2 Å². The number of aliphatic hydroxyl groups is 1. The van der Waals surface area contributed by atoms with Gasteiger partial charge >= 0.3 is 0 Å². The van der Waals surface area contributed by atoms with Gasteiger partial charge in [0.05, 0.1) is 18.3 Å². The predicted molar refractivity (Wildman–Crippen MR) is 74.4 cm³/mol. The summed E-state index contributed by atoms with van der Waals surface area (Å²) in [5.41, 5.74) is 0.709. The van der Waals surface area contributed by atoms with Crippen molar-refractivity contribution in [1.82, 2.24) is 0 Å². The van der Waals surface area contributed by atoms with Gasteiger partial charge < -0.3 is 24.1 Å². The highest BCUT2D eigenvalue weighted by atomic mass is 16.7. The summed E-state index contributed by atoms with van der Waals surface area (Å²) in [4.78, 5) is 0. The van der Waals surface area contributed by atoms with Gasteiger partial charge in [0.1, 0.15) is 0 Å². The van der Waals surface area contributed by atoms with E-state index in [9.17, 15) is 5.11 Å². The first-order valence-corrected chi connectivity index (χ1v) is 7.55. The molecule has 5 nitrogen and oxygen atoms in total. The molecule has 3 aliphatic heterocycles. The van der Waals surface area contributed by atoms with Gasteiger partial charge in [-0.25, -0.2) is 0 Å². The quantitative estimate of drug-likeness (QED) is 0.904. The van der Waals surface area contributed by atoms with Gasteiger partial charge in [0.15, 0.2) is 11.5 Å². The summed E-state index contributed by atoms with van der Waals surface area (Å²) >= 11 is 0. The smallest absolute Gasteiger partial charge is 0.231 e. The molecule has 0 aliphatic carbocycles. The molecule has 1 aromatic rings. The van der Waals surface area contributed by atoms with Crippen LogP contribution in [0.4, 0.5) is 0 Å². The van der Waals surface area contributed by atoms with E-state index in [0.29, 0.717) is 13.2 Å². The van der Waals surface area contributed by atoms with E-state index in [1.165, 1.54) is 0 Å². The van der Waals surface area contributed by atoms with Crippen LogP contribution in [-0.4, -0.2) is 37.3 Å². The third kappa shape index (κ3) is 2.39. The zero-order valence-electron chi connectivity index (χ0n) is 11.9. The van der Waals surface area contributed by atoms with Gasteiger partial charge in [-0.15, -0.1) is 0 Å². The van der Waals surface area contributed by atoms with Crippen LogP contribution in [0.5, 0.6) is 11.5 Å². The number of hydrogen-bond donors (Lipinski definition) is 1. The number of hydrogen-bond acceptors (Lipinski definition) is 5. The molecule has 0 bridgehead atoms. The average Bonchev–Trinajstić information content (AvgIpc) is 3.15. The zero-order chi connectivity index (χ0) is 14.3. The van der Waals surface area contributed by atoms with Crippen molar-refractivity contribution in [2.24, 2.45) is 5.92 Å². The maximum Gasteiger partial charge on any atom is 0.231 e. The Labute approximate surface area is 123 Å². The minimum atomic E-state index is -0.499. The Morgan fingerprint density at radius 2 is 2.10 bits per heavy atom. The van der Waals surface area contributed by atoms with E-state index in [1.54, 1.807) is 0 Å². The summed E-state index contributed by atoms with van der Waals surface area (Å²) in [6, 6.07) is 5.68. The standard InChI is InChI=1S/C16H20O5/c17-15(11-1-2-13-14(7-11)20-10-19-13)12-3-5-21-16(8-12)4-6-18-9-16/h1-2,7,12,15,17H,3-6,8-10H2. The minimum Gasteiger partial charge on any atom is -0.454 e. The lowest BCUT2D eigenvalue weighted by molar-refractivity contribution is -0.117. The third-order valence-corrected chi connectivity index (χ3v) is 4.78. The molecule has 2 saturated heterocycles. The maximum atomic E-state index is 10.7. The monoisotopic (exact) mass is 292 g/mol. The third-order valence-electron chi connectivity index (χ3n) is 4.78. The molecule has 21 heavy (non-hydrogen) atoms. The molecule has 0 saturated carbocycles. The van der Waals surface area contributed by atoms with Crippen LogP contribution < -0.4 is 9.47 Å². The van der Waals surface area contributed by atoms with Crippen molar-refractivity contribution in [3.63, 3.8) is 0 Å². The van der Waals surface area contributed by atoms with Crippen LogP contribution in [0.25, 0.3) is 0 Å². The number of aliphatic hydroxyl groups excluding tert-OH is 1. The summed E-state index contributed by atoms with van der Waals surface area (Å²) in [5.74, 6) is 1.66. The molecule has 1 aromatic carbocycles. The Morgan fingerprint density at radius 1 is 1.19 bits per heavy atom. The summed E-state index contributed by atoms with van der Waals surface area (Å²) in [5, 5.41) is 10.7. The topological polar surface area (TPSA) is 57.2 Å². The second-order valence-corrected chi connectivity index (χ2v) is 6.14. The van der Waals surface area contributed by atoms with Crippen LogP contribution in [0.1, 0.15) is 30.9 Å². The highest BCUT2D eigenvalue weighted by molar-refractivity contribution is 5.45. The van der Waals surface area contributed by atoms with Crippen LogP contribution in [0, 0.1) is 5.92 Å². The molecule has 5 heteroatoms. The van der Waals surface area contributed by atoms with Crippen molar-refractivity contribution in [2.75, 3.05) is 26.6 Å². The van der Waals surface area contributed by atoms with Gasteiger partial charge in [-0.1, -0.05) is 6.07 Å². The summed E-state index contributed by atoms with van der Waals surface area (Å²) in [6.45, 7) is 2.35. The first kappa shape index (κ1) is 13.4. The molecule has 0 amide bonds. The molecular weight excluding hydrogens is 272 g/mol. The Bertz CT molecular complexity index is 523. The SMILES string of the molecule is OC(c1ccc2c(c1)OCO2)C1CCOC2(CCOC2)C1. The Morgan fingerprint density at radius 3 is 2.95 bits per heavy atom. The van der Waals surface area contributed by atoms with Crippen LogP contribution in [0.3, 0.4) is 0 Å². The molecule has 114 valence electrons. The molecule has 3 heterocycles. The van der Waals surface area contributed by atoms with Gasteiger partial charge in [-0.3, -0.25) is 0 Å². The van der Waals surface area contributed by atoms with Crippen molar-refractivity contribution < 1.29 is 24.1 Å². The number of fused-ring (bicyclic) bond motifs is 1. The molecule has 3 unspecified atom stereocenters. The predicted octanol–water partition coefficient (Wildman–Crippen LogP) is 2.03. The fourth-order valence-corrected chi connectivity index (χ4v) is 3.57. The van der Waals surface area contributed by atoms with Gasteiger partial charge in [0, 0.05) is 19.6 Å². The first-order chi connectivity index (χ1) is 10.3. The van der Waals surface area contributed by atoms with Gasteiger partial charge in [-0.05, 0) is 36.5 Å². The number of rotatable bonds is 2. The van der Waals surface area contributed by atoms with Crippen LogP contribution >= 0.6 is 0 Å².